The van der Waals surface area contributed by atoms with Crippen molar-refractivity contribution < 1.29 is 0 Å². The van der Waals surface area contributed by atoms with E-state index in [1.54, 1.807) is 37.5 Å². The van der Waals surface area contributed by atoms with Crippen molar-refractivity contribution in [3.8, 4) is 11.1 Å². The van der Waals surface area contributed by atoms with E-state index in [9.17, 15) is 4.79 Å². The van der Waals surface area contributed by atoms with E-state index in [1.165, 1.54) is 23.8 Å². The number of halogens is 2. The van der Waals surface area contributed by atoms with Gasteiger partial charge in [-0.15, -0.1) is 0 Å². The number of aryl methyl sites for hydroxylation is 1. The van der Waals surface area contributed by atoms with Crippen molar-refractivity contribution in [3.05, 3.63) is 50.9 Å². The fraction of sp³-hybridized carbons (Fsp3) is 0.350. The molecule has 142 valence electrons. The molecule has 0 radical (unpaired) electrons. The fourth-order valence-corrected chi connectivity index (χ4v) is 3.62. The van der Waals surface area contributed by atoms with E-state index in [0.29, 0.717) is 32.8 Å². The second-order valence-electron chi connectivity index (χ2n) is 6.48. The molecule has 3 rings (SSSR count). The van der Waals surface area contributed by atoms with Crippen LogP contribution in [0.4, 0.5) is 5.95 Å². The highest BCUT2D eigenvalue weighted by molar-refractivity contribution is 6.39. The molecule has 2 heterocycles. The van der Waals surface area contributed by atoms with Gasteiger partial charge in [0.2, 0.25) is 5.95 Å². The lowest BCUT2D eigenvalue weighted by molar-refractivity contribution is 0.683. The SMILES string of the molecule is CCCCCCNc1ncc2cc(-c3c(Cl)cccc3Cl)c(=O)n(C)c2n1. The molecule has 0 bridgehead atoms. The van der Waals surface area contributed by atoms with Crippen molar-refractivity contribution in [1.82, 2.24) is 14.5 Å². The van der Waals surface area contributed by atoms with Gasteiger partial charge in [0.15, 0.2) is 0 Å². The largest absolute Gasteiger partial charge is 0.354 e. The monoisotopic (exact) mass is 404 g/mol. The van der Waals surface area contributed by atoms with Gasteiger partial charge < -0.3 is 5.32 Å². The van der Waals surface area contributed by atoms with Crippen LogP contribution in [0.2, 0.25) is 10.0 Å². The van der Waals surface area contributed by atoms with Crippen molar-refractivity contribution in [1.29, 1.82) is 0 Å². The predicted octanol–water partition coefficient (Wildman–Crippen LogP) is 5.29. The summed E-state index contributed by atoms with van der Waals surface area (Å²) < 4.78 is 1.51. The third kappa shape index (κ3) is 4.25. The van der Waals surface area contributed by atoms with E-state index < -0.39 is 0 Å². The average molecular weight is 405 g/mol. The summed E-state index contributed by atoms with van der Waals surface area (Å²) in [4.78, 5) is 21.8. The zero-order valence-electron chi connectivity index (χ0n) is 15.4. The Kier molecular flexibility index (Phi) is 6.34. The molecule has 0 aliphatic rings. The van der Waals surface area contributed by atoms with Gasteiger partial charge in [0.1, 0.15) is 5.65 Å². The van der Waals surface area contributed by atoms with Crippen LogP contribution in [0.3, 0.4) is 0 Å². The van der Waals surface area contributed by atoms with Gasteiger partial charge >= 0.3 is 0 Å². The van der Waals surface area contributed by atoms with E-state index >= 15 is 0 Å². The summed E-state index contributed by atoms with van der Waals surface area (Å²) in [6.45, 7) is 3.00. The van der Waals surface area contributed by atoms with Gasteiger partial charge in [-0.25, -0.2) is 4.98 Å². The molecule has 3 aromatic rings. The summed E-state index contributed by atoms with van der Waals surface area (Å²) in [6.07, 6.45) is 6.38. The van der Waals surface area contributed by atoms with Gasteiger partial charge in [0, 0.05) is 30.7 Å². The smallest absolute Gasteiger partial charge is 0.259 e. The molecule has 2 aromatic heterocycles. The van der Waals surface area contributed by atoms with Crippen LogP contribution < -0.4 is 10.9 Å². The molecule has 27 heavy (non-hydrogen) atoms. The van der Waals surface area contributed by atoms with E-state index in [0.717, 1.165) is 18.4 Å². The number of anilines is 1. The van der Waals surface area contributed by atoms with Crippen LogP contribution in [0, 0.1) is 0 Å². The first-order valence-electron chi connectivity index (χ1n) is 9.08. The Labute approximate surface area is 168 Å². The Balaban J connectivity index is 1.96. The normalized spacial score (nSPS) is 11.1. The standard InChI is InChI=1S/C20H22Cl2N4O/c1-3-4-5-6-10-23-20-24-12-13-11-14(19(27)26(2)18(13)25-20)17-15(21)8-7-9-16(17)22/h7-9,11-12H,3-6,10H2,1-2H3,(H,23,24,25). The molecule has 1 aromatic carbocycles. The van der Waals surface area contributed by atoms with Crippen LogP contribution >= 0.6 is 23.2 Å². The maximum atomic E-state index is 12.9. The first-order valence-corrected chi connectivity index (χ1v) is 9.83. The summed E-state index contributed by atoms with van der Waals surface area (Å²) in [7, 11) is 1.69. The number of benzene rings is 1. The Morgan fingerprint density at radius 3 is 2.59 bits per heavy atom. The molecule has 0 saturated heterocycles. The number of aromatic nitrogens is 3. The minimum atomic E-state index is -0.204. The molecule has 0 aliphatic heterocycles. The van der Waals surface area contributed by atoms with Gasteiger partial charge in [-0.05, 0) is 24.6 Å². The van der Waals surface area contributed by atoms with Gasteiger partial charge in [0.05, 0.1) is 15.6 Å². The van der Waals surface area contributed by atoms with E-state index in [-0.39, 0.29) is 5.56 Å². The number of hydrogen-bond donors (Lipinski definition) is 1. The number of hydrogen-bond acceptors (Lipinski definition) is 4. The van der Waals surface area contributed by atoms with Gasteiger partial charge in [-0.1, -0.05) is 55.5 Å². The molecule has 0 fully saturated rings. The van der Waals surface area contributed by atoms with Crippen LogP contribution in [0.15, 0.2) is 35.3 Å². The molecule has 0 aliphatic carbocycles. The Morgan fingerprint density at radius 1 is 1.15 bits per heavy atom. The van der Waals surface area contributed by atoms with Crippen LogP contribution in [-0.2, 0) is 7.05 Å². The molecule has 5 nitrogen and oxygen atoms in total. The lowest BCUT2D eigenvalue weighted by Crippen LogP contribution is -2.20. The zero-order chi connectivity index (χ0) is 19.4. The van der Waals surface area contributed by atoms with Crippen molar-refractivity contribution >= 4 is 40.2 Å². The number of fused-ring (bicyclic) bond motifs is 1. The van der Waals surface area contributed by atoms with Crippen molar-refractivity contribution in [2.75, 3.05) is 11.9 Å². The van der Waals surface area contributed by atoms with Crippen molar-refractivity contribution in [3.63, 3.8) is 0 Å². The Hall–Kier alpha value is -2.11. The van der Waals surface area contributed by atoms with Crippen LogP contribution in [0.5, 0.6) is 0 Å². The third-order valence-electron chi connectivity index (χ3n) is 4.49. The lowest BCUT2D eigenvalue weighted by atomic mass is 10.1. The average Bonchev–Trinajstić information content (AvgIpc) is 2.65. The van der Waals surface area contributed by atoms with Crippen LogP contribution in [0.1, 0.15) is 32.6 Å². The molecule has 0 atom stereocenters. The second kappa shape index (κ2) is 8.72. The second-order valence-corrected chi connectivity index (χ2v) is 7.29. The molecular formula is C20H22Cl2N4O. The quantitative estimate of drug-likeness (QED) is 0.543. The lowest BCUT2D eigenvalue weighted by Gasteiger charge is -2.12. The first kappa shape index (κ1) is 19.6. The molecule has 1 N–H and O–H groups in total. The van der Waals surface area contributed by atoms with Gasteiger partial charge in [-0.3, -0.25) is 9.36 Å². The summed E-state index contributed by atoms with van der Waals surface area (Å²) >= 11 is 12.6. The highest BCUT2D eigenvalue weighted by atomic mass is 35.5. The highest BCUT2D eigenvalue weighted by Gasteiger charge is 2.16. The molecule has 0 amide bonds. The molecular weight excluding hydrogens is 383 g/mol. The fourth-order valence-electron chi connectivity index (χ4n) is 3.02. The third-order valence-corrected chi connectivity index (χ3v) is 5.12. The van der Waals surface area contributed by atoms with Gasteiger partial charge in [0.25, 0.3) is 5.56 Å². The Morgan fingerprint density at radius 2 is 1.89 bits per heavy atom. The maximum absolute atomic E-state index is 12.9. The zero-order valence-corrected chi connectivity index (χ0v) is 16.9. The maximum Gasteiger partial charge on any atom is 0.259 e. The number of unbranched alkanes of at least 4 members (excludes halogenated alkanes) is 3. The summed E-state index contributed by atoms with van der Waals surface area (Å²) in [5.74, 6) is 0.525. The first-order chi connectivity index (χ1) is 13.0. The minimum absolute atomic E-state index is 0.204. The number of nitrogens with one attached hydrogen (secondary N) is 1. The number of rotatable bonds is 7. The molecule has 0 spiro atoms. The number of pyridine rings is 1. The van der Waals surface area contributed by atoms with Crippen LogP contribution in [-0.4, -0.2) is 21.1 Å². The van der Waals surface area contributed by atoms with Crippen LogP contribution in [0.25, 0.3) is 22.2 Å². The summed E-state index contributed by atoms with van der Waals surface area (Å²) in [5, 5.41) is 4.85. The summed E-state index contributed by atoms with van der Waals surface area (Å²) in [5.41, 5.74) is 1.33. The van der Waals surface area contributed by atoms with Crippen molar-refractivity contribution in [2.24, 2.45) is 7.05 Å². The summed E-state index contributed by atoms with van der Waals surface area (Å²) in [6, 6.07) is 6.93. The molecule has 0 saturated carbocycles. The predicted molar refractivity (Wildman–Crippen MR) is 113 cm³/mol. The van der Waals surface area contributed by atoms with Gasteiger partial charge in [-0.2, -0.15) is 4.98 Å². The highest BCUT2D eigenvalue weighted by Crippen LogP contribution is 2.33. The number of nitrogens with zero attached hydrogens (tertiary/aromatic N) is 3. The Bertz CT molecular complexity index is 997. The van der Waals surface area contributed by atoms with Crippen molar-refractivity contribution in [2.45, 2.75) is 32.6 Å². The van der Waals surface area contributed by atoms with E-state index in [2.05, 4.69) is 22.2 Å². The van der Waals surface area contributed by atoms with E-state index in [4.69, 9.17) is 23.2 Å². The minimum Gasteiger partial charge on any atom is -0.354 e. The topological polar surface area (TPSA) is 59.8 Å². The molecule has 0 unspecified atom stereocenters. The molecule has 7 heteroatoms. The van der Waals surface area contributed by atoms with E-state index in [1.807, 2.05) is 0 Å².